The van der Waals surface area contributed by atoms with Crippen LogP contribution >= 0.6 is 0 Å². The van der Waals surface area contributed by atoms with Crippen molar-refractivity contribution in [1.82, 2.24) is 0 Å². The summed E-state index contributed by atoms with van der Waals surface area (Å²) in [4.78, 5) is 12.9. The maximum absolute atomic E-state index is 11.1. The van der Waals surface area contributed by atoms with E-state index in [1.165, 1.54) is 6.07 Å². The number of ether oxygens (including phenoxy) is 1. The van der Waals surface area contributed by atoms with Crippen LogP contribution in [-0.2, 0) is 4.74 Å². The fraction of sp³-hybridized carbons (Fsp3) is 0.294. The van der Waals surface area contributed by atoms with Gasteiger partial charge in [0.15, 0.2) is 0 Å². The summed E-state index contributed by atoms with van der Waals surface area (Å²) in [6.45, 7) is 3.22. The summed E-state index contributed by atoms with van der Waals surface area (Å²) in [5.41, 5.74) is 9.63. The van der Waals surface area contributed by atoms with Gasteiger partial charge >= 0.3 is 0 Å². The molecule has 2 heterocycles. The molecule has 0 aromatic heterocycles. The molecule has 25 heavy (non-hydrogen) atoms. The maximum atomic E-state index is 11.1. The van der Waals surface area contributed by atoms with Crippen LogP contribution in [0.1, 0.15) is 11.7 Å². The molecule has 0 bridgehead atoms. The highest BCUT2D eigenvalue weighted by Crippen LogP contribution is 2.39. The molecule has 0 spiro atoms. The van der Waals surface area contributed by atoms with Crippen LogP contribution in [-0.4, -0.2) is 31.2 Å². The fourth-order valence-corrected chi connectivity index (χ4v) is 3.21. The largest absolute Gasteiger partial charge is 0.393 e. The van der Waals surface area contributed by atoms with Crippen LogP contribution in [0.3, 0.4) is 0 Å². The Bertz CT molecular complexity index is 820. The second kappa shape index (κ2) is 6.14. The van der Waals surface area contributed by atoms with Crippen molar-refractivity contribution in [3.63, 3.8) is 0 Å². The van der Waals surface area contributed by atoms with Gasteiger partial charge in [-0.1, -0.05) is 6.07 Å². The highest BCUT2D eigenvalue weighted by Gasteiger charge is 2.24. The zero-order chi connectivity index (χ0) is 17.4. The Labute approximate surface area is 144 Å². The number of hydrogen-bond donors (Lipinski definition) is 3. The first-order valence-corrected chi connectivity index (χ1v) is 8.15. The van der Waals surface area contributed by atoms with Gasteiger partial charge in [-0.3, -0.25) is 10.1 Å². The van der Waals surface area contributed by atoms with E-state index in [-0.39, 0.29) is 17.5 Å². The number of morpholine rings is 1. The number of fused-ring (bicyclic) bond motifs is 1. The first kappa shape index (κ1) is 15.5. The average Bonchev–Trinajstić information content (AvgIpc) is 3.05. The second-order valence-electron chi connectivity index (χ2n) is 6.13. The van der Waals surface area contributed by atoms with Gasteiger partial charge in [-0.15, -0.1) is 0 Å². The number of nitro benzene ring substituents is 1. The Hall–Kier alpha value is -3.00. The lowest BCUT2D eigenvalue weighted by atomic mass is 10.1. The van der Waals surface area contributed by atoms with Gasteiger partial charge < -0.3 is 26.0 Å². The lowest BCUT2D eigenvalue weighted by Gasteiger charge is -2.29. The number of nitrogens with one attached hydrogen (secondary N) is 2. The Morgan fingerprint density at radius 1 is 1.12 bits per heavy atom. The Kier molecular flexibility index (Phi) is 3.81. The first-order chi connectivity index (χ1) is 12.1. The molecule has 1 unspecified atom stereocenters. The minimum absolute atomic E-state index is 0.0777. The third-order valence-electron chi connectivity index (χ3n) is 4.56. The van der Waals surface area contributed by atoms with Gasteiger partial charge in [-0.05, 0) is 24.3 Å². The van der Waals surface area contributed by atoms with E-state index in [1.54, 1.807) is 12.1 Å². The van der Waals surface area contributed by atoms with E-state index in [0.717, 1.165) is 48.9 Å². The summed E-state index contributed by atoms with van der Waals surface area (Å²) in [6, 6.07) is 11.1. The molecule has 1 fully saturated rings. The molecule has 2 aromatic rings. The van der Waals surface area contributed by atoms with E-state index in [2.05, 4.69) is 27.7 Å². The Balaban J connectivity index is 1.57. The zero-order valence-electron chi connectivity index (χ0n) is 13.6. The molecule has 2 aliphatic heterocycles. The molecule has 8 nitrogen and oxygen atoms in total. The van der Waals surface area contributed by atoms with Gasteiger partial charge in [0.25, 0.3) is 5.69 Å². The quantitative estimate of drug-likeness (QED) is 0.447. The van der Waals surface area contributed by atoms with Gasteiger partial charge in [0.1, 0.15) is 11.9 Å². The summed E-state index contributed by atoms with van der Waals surface area (Å²) in [5.74, 6) is 0. The maximum Gasteiger partial charge on any atom is 0.292 e. The van der Waals surface area contributed by atoms with Crippen molar-refractivity contribution >= 4 is 28.4 Å². The molecule has 8 heteroatoms. The molecule has 0 radical (unpaired) electrons. The van der Waals surface area contributed by atoms with Gasteiger partial charge in [-0.2, -0.15) is 0 Å². The highest BCUT2D eigenvalue weighted by molar-refractivity contribution is 5.79. The van der Waals surface area contributed by atoms with Crippen LogP contribution in [0.5, 0.6) is 0 Å². The lowest BCUT2D eigenvalue weighted by Crippen LogP contribution is -2.36. The van der Waals surface area contributed by atoms with Crippen LogP contribution in [0, 0.1) is 10.1 Å². The predicted molar refractivity (Wildman–Crippen MR) is 97.0 cm³/mol. The number of nitrogens with zero attached hydrogens (tertiary/aromatic N) is 2. The number of benzene rings is 2. The van der Waals surface area contributed by atoms with Gasteiger partial charge in [-0.25, -0.2) is 0 Å². The molecule has 1 saturated heterocycles. The van der Waals surface area contributed by atoms with E-state index < -0.39 is 4.92 Å². The van der Waals surface area contributed by atoms with E-state index >= 15 is 0 Å². The summed E-state index contributed by atoms with van der Waals surface area (Å²) in [7, 11) is 0. The Morgan fingerprint density at radius 2 is 1.88 bits per heavy atom. The van der Waals surface area contributed by atoms with Crippen molar-refractivity contribution in [3.05, 3.63) is 52.1 Å². The van der Waals surface area contributed by atoms with Crippen molar-refractivity contribution < 1.29 is 9.66 Å². The summed E-state index contributed by atoms with van der Waals surface area (Å²) in [6.07, 6.45) is -0.228. The lowest BCUT2D eigenvalue weighted by molar-refractivity contribution is -0.384. The van der Waals surface area contributed by atoms with Crippen LogP contribution in [0.4, 0.5) is 28.4 Å². The molecule has 0 amide bonds. The van der Waals surface area contributed by atoms with E-state index in [4.69, 9.17) is 10.5 Å². The minimum atomic E-state index is -0.461. The molecular formula is C17H19N5O3. The molecule has 4 rings (SSSR count). The predicted octanol–water partition coefficient (Wildman–Crippen LogP) is 2.55. The molecule has 4 N–H and O–H groups in total. The number of hydrogen-bond acceptors (Lipinski definition) is 7. The monoisotopic (exact) mass is 341 g/mol. The highest BCUT2D eigenvalue weighted by atomic mass is 16.6. The Morgan fingerprint density at radius 3 is 2.64 bits per heavy atom. The average molecular weight is 341 g/mol. The second-order valence-corrected chi connectivity index (χ2v) is 6.13. The number of rotatable bonds is 3. The normalized spacial score (nSPS) is 19.0. The minimum Gasteiger partial charge on any atom is -0.393 e. The van der Waals surface area contributed by atoms with Crippen molar-refractivity contribution in [3.8, 4) is 0 Å². The van der Waals surface area contributed by atoms with Crippen molar-refractivity contribution in [2.75, 3.05) is 47.6 Å². The first-order valence-electron chi connectivity index (χ1n) is 8.15. The van der Waals surface area contributed by atoms with Crippen LogP contribution in [0.25, 0.3) is 0 Å². The van der Waals surface area contributed by atoms with Crippen LogP contribution in [0.15, 0.2) is 36.4 Å². The molecular weight excluding hydrogens is 322 g/mol. The van der Waals surface area contributed by atoms with Gasteiger partial charge in [0.05, 0.1) is 29.5 Å². The summed E-state index contributed by atoms with van der Waals surface area (Å²) in [5, 5.41) is 17.8. The standard InChI is InChI=1S/C17H19N5O3/c18-13-3-1-11(9-16(13)22(23)24)17-19-14-4-2-12(10-15(14)20-17)21-5-7-25-8-6-21/h1-4,9-10,17,19-20H,5-8,18H2. The molecule has 2 aliphatic rings. The number of nitro groups is 1. The fourth-order valence-electron chi connectivity index (χ4n) is 3.21. The van der Waals surface area contributed by atoms with Crippen LogP contribution < -0.4 is 21.3 Å². The van der Waals surface area contributed by atoms with Crippen molar-refractivity contribution in [1.29, 1.82) is 0 Å². The van der Waals surface area contributed by atoms with Gasteiger partial charge in [0, 0.05) is 30.4 Å². The van der Waals surface area contributed by atoms with E-state index in [1.807, 2.05) is 6.07 Å². The zero-order valence-corrected chi connectivity index (χ0v) is 13.6. The number of nitrogen functional groups attached to an aromatic ring is 1. The van der Waals surface area contributed by atoms with Crippen LogP contribution in [0.2, 0.25) is 0 Å². The third-order valence-corrected chi connectivity index (χ3v) is 4.56. The molecule has 1 atom stereocenters. The van der Waals surface area contributed by atoms with Gasteiger partial charge in [0.2, 0.25) is 0 Å². The van der Waals surface area contributed by atoms with Crippen molar-refractivity contribution in [2.24, 2.45) is 0 Å². The van der Waals surface area contributed by atoms with E-state index in [9.17, 15) is 10.1 Å². The SMILES string of the molecule is Nc1ccc(C2Nc3ccc(N4CCOCC4)cc3N2)cc1[N+](=O)[O-]. The summed E-state index contributed by atoms with van der Waals surface area (Å²) < 4.78 is 5.39. The summed E-state index contributed by atoms with van der Waals surface area (Å²) >= 11 is 0. The van der Waals surface area contributed by atoms with Crippen molar-refractivity contribution in [2.45, 2.75) is 6.17 Å². The number of nitrogens with two attached hydrogens (primary N) is 1. The molecule has 0 saturated carbocycles. The third kappa shape index (κ3) is 2.91. The van der Waals surface area contributed by atoms with E-state index in [0.29, 0.717) is 0 Å². The molecule has 2 aromatic carbocycles. The number of anilines is 4. The molecule has 130 valence electrons. The topological polar surface area (TPSA) is 106 Å². The molecule has 0 aliphatic carbocycles. The smallest absolute Gasteiger partial charge is 0.292 e.